The molecule has 1 aromatic carbocycles. The van der Waals surface area contributed by atoms with Crippen LogP contribution in [0.4, 0.5) is 0 Å². The second kappa shape index (κ2) is 7.87. The Balaban J connectivity index is 1.70. The maximum Gasteiger partial charge on any atom is 0.228 e. The predicted octanol–water partition coefficient (Wildman–Crippen LogP) is 5.94. The number of thiophene rings is 1. The van der Waals surface area contributed by atoms with Gasteiger partial charge in [-0.3, -0.25) is 4.79 Å². The van der Waals surface area contributed by atoms with Crippen LogP contribution < -0.4 is 0 Å². The smallest absolute Gasteiger partial charge is 0.228 e. The van der Waals surface area contributed by atoms with Crippen molar-refractivity contribution < 1.29 is 4.79 Å². The van der Waals surface area contributed by atoms with Gasteiger partial charge in [0.15, 0.2) is 0 Å². The number of amides is 1. The topological polar surface area (TPSA) is 33.2 Å². The minimum Gasteiger partial charge on any atom is -0.339 e. The minimum absolute atomic E-state index is 0.000635. The molecule has 0 aliphatic heterocycles. The molecular formula is C18H16Cl2N2OS2. The number of nitrogens with zero attached hydrogens (tertiary/aromatic N) is 2. The lowest BCUT2D eigenvalue weighted by Gasteiger charge is -2.26. The summed E-state index contributed by atoms with van der Waals surface area (Å²) in [7, 11) is 1.78. The summed E-state index contributed by atoms with van der Waals surface area (Å²) in [6.45, 7) is 1.95. The van der Waals surface area contributed by atoms with Crippen LogP contribution in [0.1, 0.15) is 24.2 Å². The molecule has 0 fully saturated rings. The highest BCUT2D eigenvalue weighted by atomic mass is 35.5. The molecule has 1 atom stereocenters. The van der Waals surface area contributed by atoms with Crippen molar-refractivity contribution in [1.29, 1.82) is 0 Å². The van der Waals surface area contributed by atoms with Gasteiger partial charge in [-0.05, 0) is 36.1 Å². The van der Waals surface area contributed by atoms with Crippen LogP contribution in [0.2, 0.25) is 10.0 Å². The summed E-state index contributed by atoms with van der Waals surface area (Å²) < 4.78 is 0. The first kappa shape index (κ1) is 18.4. The van der Waals surface area contributed by atoms with E-state index in [1.165, 1.54) is 0 Å². The Labute approximate surface area is 164 Å². The molecule has 0 spiro atoms. The molecule has 2 aromatic heterocycles. The zero-order valence-corrected chi connectivity index (χ0v) is 16.8. The highest BCUT2D eigenvalue weighted by Gasteiger charge is 2.21. The van der Waals surface area contributed by atoms with Crippen LogP contribution in [0.3, 0.4) is 0 Å². The Kier molecular flexibility index (Phi) is 5.79. The molecule has 7 heteroatoms. The summed E-state index contributed by atoms with van der Waals surface area (Å²) in [5.74, 6) is 0.000635. The fourth-order valence-electron chi connectivity index (χ4n) is 2.45. The Bertz CT molecular complexity index is 877. The number of carbonyl (C=O) groups is 1. The molecule has 0 bridgehead atoms. The fraction of sp³-hybridized carbons (Fsp3) is 0.222. The van der Waals surface area contributed by atoms with Gasteiger partial charge in [-0.1, -0.05) is 29.3 Å². The van der Waals surface area contributed by atoms with E-state index in [9.17, 15) is 4.79 Å². The van der Waals surface area contributed by atoms with Gasteiger partial charge < -0.3 is 4.90 Å². The molecule has 0 saturated carbocycles. The van der Waals surface area contributed by atoms with Crippen molar-refractivity contribution in [2.24, 2.45) is 0 Å². The van der Waals surface area contributed by atoms with Crippen molar-refractivity contribution in [1.82, 2.24) is 9.88 Å². The maximum atomic E-state index is 12.6. The second-order valence-corrected chi connectivity index (χ2v) is 8.16. The van der Waals surface area contributed by atoms with Gasteiger partial charge in [0.2, 0.25) is 5.91 Å². The molecule has 0 aliphatic carbocycles. The lowest BCUT2D eigenvalue weighted by atomic mass is 10.1. The zero-order valence-electron chi connectivity index (χ0n) is 13.7. The third-order valence-electron chi connectivity index (χ3n) is 4.04. The largest absolute Gasteiger partial charge is 0.339 e. The van der Waals surface area contributed by atoms with Crippen LogP contribution in [0.25, 0.3) is 10.6 Å². The predicted molar refractivity (Wildman–Crippen MR) is 107 cm³/mol. The summed E-state index contributed by atoms with van der Waals surface area (Å²) in [6.07, 6.45) is 0.271. The number of hydrogen-bond donors (Lipinski definition) is 0. The summed E-state index contributed by atoms with van der Waals surface area (Å²) in [5.41, 5.74) is 2.76. The van der Waals surface area contributed by atoms with E-state index in [1.54, 1.807) is 46.8 Å². The van der Waals surface area contributed by atoms with Gasteiger partial charge in [0.1, 0.15) is 5.01 Å². The van der Waals surface area contributed by atoms with E-state index in [4.69, 9.17) is 23.2 Å². The quantitative estimate of drug-likeness (QED) is 0.521. The first-order valence-corrected chi connectivity index (χ1v) is 10.2. The van der Waals surface area contributed by atoms with Gasteiger partial charge >= 0.3 is 0 Å². The molecule has 0 radical (unpaired) electrons. The van der Waals surface area contributed by atoms with Gasteiger partial charge in [-0.2, -0.15) is 11.3 Å². The van der Waals surface area contributed by atoms with E-state index in [0.717, 1.165) is 21.8 Å². The van der Waals surface area contributed by atoms with Crippen molar-refractivity contribution >= 4 is 51.8 Å². The summed E-state index contributed by atoms with van der Waals surface area (Å²) in [6, 6.07) is 7.22. The Morgan fingerprint density at radius 1 is 1.28 bits per heavy atom. The number of carbonyl (C=O) groups excluding carboxylic acids is 1. The monoisotopic (exact) mass is 410 g/mol. The SMILES string of the molecule is CC(c1ccc(Cl)cc1Cl)N(C)C(=O)Cc1csc(-c2ccsc2)n1. The van der Waals surface area contributed by atoms with E-state index in [2.05, 4.69) is 10.4 Å². The number of likely N-dealkylation sites (N-methyl/N-ethyl adjacent to an activating group) is 1. The number of halogens is 2. The normalized spacial score (nSPS) is 12.2. The van der Waals surface area contributed by atoms with Gasteiger partial charge in [0.05, 0.1) is 18.2 Å². The Morgan fingerprint density at radius 2 is 2.08 bits per heavy atom. The highest BCUT2D eigenvalue weighted by molar-refractivity contribution is 7.14. The van der Waals surface area contributed by atoms with E-state index >= 15 is 0 Å². The van der Waals surface area contributed by atoms with Crippen LogP contribution >= 0.6 is 45.9 Å². The van der Waals surface area contributed by atoms with E-state index in [0.29, 0.717) is 10.0 Å². The number of benzene rings is 1. The average molecular weight is 411 g/mol. The third-order valence-corrected chi connectivity index (χ3v) is 6.22. The van der Waals surface area contributed by atoms with Gasteiger partial charge in [0, 0.05) is 33.4 Å². The molecule has 1 unspecified atom stereocenters. The molecule has 130 valence electrons. The van der Waals surface area contributed by atoms with E-state index in [-0.39, 0.29) is 18.4 Å². The van der Waals surface area contributed by atoms with Crippen LogP contribution in [-0.2, 0) is 11.2 Å². The summed E-state index contributed by atoms with van der Waals surface area (Å²) in [5, 5.41) is 8.11. The first-order valence-electron chi connectivity index (χ1n) is 7.63. The van der Waals surface area contributed by atoms with Crippen LogP contribution in [0, 0.1) is 0 Å². The lowest BCUT2D eigenvalue weighted by Crippen LogP contribution is -2.31. The molecule has 3 rings (SSSR count). The molecular weight excluding hydrogens is 395 g/mol. The van der Waals surface area contributed by atoms with Gasteiger partial charge in [-0.15, -0.1) is 11.3 Å². The van der Waals surface area contributed by atoms with Crippen LogP contribution in [0.15, 0.2) is 40.4 Å². The highest BCUT2D eigenvalue weighted by Crippen LogP contribution is 2.30. The first-order chi connectivity index (χ1) is 12.0. The van der Waals surface area contributed by atoms with Gasteiger partial charge in [0.25, 0.3) is 0 Å². The lowest BCUT2D eigenvalue weighted by molar-refractivity contribution is -0.131. The van der Waals surface area contributed by atoms with Crippen molar-refractivity contribution in [2.75, 3.05) is 7.05 Å². The fourth-order valence-corrected chi connectivity index (χ4v) is 4.55. The van der Waals surface area contributed by atoms with Crippen molar-refractivity contribution in [3.8, 4) is 10.6 Å². The molecule has 0 saturated heterocycles. The van der Waals surface area contributed by atoms with Crippen molar-refractivity contribution in [3.05, 3.63) is 61.7 Å². The molecule has 3 nitrogen and oxygen atoms in total. The average Bonchev–Trinajstić information content (AvgIpc) is 3.24. The third kappa shape index (κ3) is 4.23. The van der Waals surface area contributed by atoms with Crippen molar-refractivity contribution in [2.45, 2.75) is 19.4 Å². The number of hydrogen-bond acceptors (Lipinski definition) is 4. The van der Waals surface area contributed by atoms with Crippen molar-refractivity contribution in [3.63, 3.8) is 0 Å². The Hall–Kier alpha value is -1.40. The summed E-state index contributed by atoms with van der Waals surface area (Å²) >= 11 is 15.4. The maximum absolute atomic E-state index is 12.6. The molecule has 0 N–H and O–H groups in total. The second-order valence-electron chi connectivity index (χ2n) is 5.68. The van der Waals surface area contributed by atoms with E-state index in [1.807, 2.05) is 29.8 Å². The van der Waals surface area contributed by atoms with Crippen LogP contribution in [0.5, 0.6) is 0 Å². The number of thiazole rings is 1. The van der Waals surface area contributed by atoms with E-state index < -0.39 is 0 Å². The Morgan fingerprint density at radius 3 is 2.76 bits per heavy atom. The van der Waals surface area contributed by atoms with Crippen LogP contribution in [-0.4, -0.2) is 22.8 Å². The molecule has 3 aromatic rings. The zero-order chi connectivity index (χ0) is 18.0. The molecule has 1 amide bonds. The summed E-state index contributed by atoms with van der Waals surface area (Å²) in [4.78, 5) is 18.9. The number of aromatic nitrogens is 1. The number of rotatable bonds is 5. The molecule has 2 heterocycles. The molecule has 25 heavy (non-hydrogen) atoms. The minimum atomic E-state index is -0.146. The molecule has 0 aliphatic rings. The standard InChI is InChI=1S/C18H16Cl2N2OS2/c1-11(15-4-3-13(19)7-16(15)20)22(2)17(23)8-14-10-25-18(21-14)12-5-6-24-9-12/h3-7,9-11H,8H2,1-2H3. The van der Waals surface area contributed by atoms with Gasteiger partial charge in [-0.25, -0.2) is 4.98 Å².